The van der Waals surface area contributed by atoms with E-state index in [-0.39, 0.29) is 24.8 Å². The summed E-state index contributed by atoms with van der Waals surface area (Å²) in [5, 5.41) is 16.5. The lowest BCUT2D eigenvalue weighted by Gasteiger charge is -2.06. The van der Waals surface area contributed by atoms with Crippen LogP contribution in [0, 0.1) is 19.7 Å². The van der Waals surface area contributed by atoms with Crippen LogP contribution in [0.2, 0.25) is 0 Å². The molecule has 2 amide bonds. The number of nitrogens with zero attached hydrogens (tertiary/aromatic N) is 3. The van der Waals surface area contributed by atoms with Crippen LogP contribution in [0.4, 0.5) is 10.1 Å². The van der Waals surface area contributed by atoms with E-state index in [2.05, 4.69) is 25.9 Å². The van der Waals surface area contributed by atoms with Crippen molar-refractivity contribution in [3.8, 4) is 0 Å². The van der Waals surface area contributed by atoms with Crippen molar-refractivity contribution in [3.05, 3.63) is 65.0 Å². The molecule has 3 N–H and O–H groups in total. The van der Waals surface area contributed by atoms with Gasteiger partial charge in [-0.1, -0.05) is 18.2 Å². The van der Waals surface area contributed by atoms with E-state index in [0.29, 0.717) is 17.8 Å². The molecular formula is C19H21FN6O2. The first-order valence-electron chi connectivity index (χ1n) is 8.75. The minimum Gasteiger partial charge on any atom is -0.350 e. The third-order valence-electron chi connectivity index (χ3n) is 4.27. The summed E-state index contributed by atoms with van der Waals surface area (Å²) in [6, 6.07) is 6.12. The van der Waals surface area contributed by atoms with Gasteiger partial charge < -0.3 is 10.6 Å². The molecule has 0 aliphatic carbocycles. The minimum atomic E-state index is -0.423. The summed E-state index contributed by atoms with van der Waals surface area (Å²) in [4.78, 5) is 24.2. The van der Waals surface area contributed by atoms with Crippen molar-refractivity contribution in [3.63, 3.8) is 0 Å². The highest BCUT2D eigenvalue weighted by Gasteiger charge is 2.11. The van der Waals surface area contributed by atoms with E-state index in [1.54, 1.807) is 24.4 Å². The number of amides is 2. The normalized spacial score (nSPS) is 10.7. The highest BCUT2D eigenvalue weighted by molar-refractivity contribution is 5.92. The molecule has 8 nitrogen and oxygen atoms in total. The first-order valence-corrected chi connectivity index (χ1v) is 8.75. The van der Waals surface area contributed by atoms with Crippen LogP contribution in [0.3, 0.4) is 0 Å². The van der Waals surface area contributed by atoms with Gasteiger partial charge >= 0.3 is 0 Å². The maximum atomic E-state index is 13.6. The molecule has 2 heterocycles. The van der Waals surface area contributed by atoms with E-state index < -0.39 is 5.82 Å². The molecule has 146 valence electrons. The molecule has 28 heavy (non-hydrogen) atoms. The Morgan fingerprint density at radius 2 is 2.00 bits per heavy atom. The van der Waals surface area contributed by atoms with Crippen molar-refractivity contribution in [1.29, 1.82) is 0 Å². The zero-order valence-electron chi connectivity index (χ0n) is 15.6. The lowest BCUT2D eigenvalue weighted by Crippen LogP contribution is -2.27. The Kier molecular flexibility index (Phi) is 5.83. The number of hydrogen-bond donors (Lipinski definition) is 3. The monoisotopic (exact) mass is 384 g/mol. The van der Waals surface area contributed by atoms with E-state index in [9.17, 15) is 14.0 Å². The van der Waals surface area contributed by atoms with Gasteiger partial charge in [-0.25, -0.2) is 4.39 Å². The fourth-order valence-electron chi connectivity index (χ4n) is 2.76. The highest BCUT2D eigenvalue weighted by Crippen LogP contribution is 2.11. The summed E-state index contributed by atoms with van der Waals surface area (Å²) < 4.78 is 15.0. The molecule has 3 aromatic rings. The average Bonchev–Trinajstić information content (AvgIpc) is 3.21. The lowest BCUT2D eigenvalue weighted by molar-refractivity contribution is -0.122. The van der Waals surface area contributed by atoms with Crippen molar-refractivity contribution < 1.29 is 14.0 Å². The van der Waals surface area contributed by atoms with E-state index in [1.807, 2.05) is 13.8 Å². The number of rotatable bonds is 7. The van der Waals surface area contributed by atoms with E-state index >= 15 is 0 Å². The van der Waals surface area contributed by atoms with Gasteiger partial charge in [0.25, 0.3) is 0 Å². The standard InChI is InChI=1S/C19H21FN6O2/c1-12-16(13(2)25-24-12)9-21-19(28)11-26-10-15(8-22-26)23-18(27)7-14-5-3-4-6-17(14)20/h3-6,8,10H,7,9,11H2,1-2H3,(H,21,28)(H,23,27)(H,24,25). The number of anilines is 1. The molecule has 1 aromatic carbocycles. The predicted octanol–water partition coefficient (Wildman–Crippen LogP) is 1.86. The van der Waals surface area contributed by atoms with Crippen LogP contribution in [0.25, 0.3) is 0 Å². The molecule has 0 aliphatic heterocycles. The Labute approximate surface area is 161 Å². The number of benzene rings is 1. The van der Waals surface area contributed by atoms with Gasteiger partial charge in [-0.05, 0) is 25.5 Å². The van der Waals surface area contributed by atoms with Crippen LogP contribution in [0.15, 0.2) is 36.7 Å². The van der Waals surface area contributed by atoms with E-state index in [1.165, 1.54) is 16.9 Å². The second-order valence-electron chi connectivity index (χ2n) is 6.43. The van der Waals surface area contributed by atoms with Crippen molar-refractivity contribution >= 4 is 17.5 Å². The largest absolute Gasteiger partial charge is 0.350 e. The fraction of sp³-hybridized carbons (Fsp3) is 0.263. The van der Waals surface area contributed by atoms with Crippen molar-refractivity contribution in [2.24, 2.45) is 0 Å². The smallest absolute Gasteiger partial charge is 0.242 e. The van der Waals surface area contributed by atoms with Gasteiger partial charge in [0, 0.05) is 24.0 Å². The number of carbonyl (C=O) groups excluding carboxylic acids is 2. The van der Waals surface area contributed by atoms with Crippen LogP contribution in [0.5, 0.6) is 0 Å². The lowest BCUT2D eigenvalue weighted by atomic mass is 10.1. The number of aryl methyl sites for hydroxylation is 2. The molecule has 0 saturated carbocycles. The van der Waals surface area contributed by atoms with Crippen LogP contribution in [-0.4, -0.2) is 31.8 Å². The number of halogens is 1. The zero-order chi connectivity index (χ0) is 20.1. The zero-order valence-corrected chi connectivity index (χ0v) is 15.6. The van der Waals surface area contributed by atoms with Crippen LogP contribution >= 0.6 is 0 Å². The second kappa shape index (κ2) is 8.47. The van der Waals surface area contributed by atoms with Gasteiger partial charge in [-0.3, -0.25) is 19.4 Å². The molecule has 2 aromatic heterocycles. The molecule has 3 rings (SSSR count). The predicted molar refractivity (Wildman–Crippen MR) is 101 cm³/mol. The van der Waals surface area contributed by atoms with E-state index in [0.717, 1.165) is 17.0 Å². The second-order valence-corrected chi connectivity index (χ2v) is 6.43. The molecule has 0 atom stereocenters. The van der Waals surface area contributed by atoms with Crippen molar-refractivity contribution in [1.82, 2.24) is 25.3 Å². The van der Waals surface area contributed by atoms with Gasteiger partial charge in [0.1, 0.15) is 12.4 Å². The Bertz CT molecular complexity index is 974. The minimum absolute atomic E-state index is 0.0130. The number of aromatic nitrogens is 4. The Morgan fingerprint density at radius 1 is 1.21 bits per heavy atom. The molecule has 0 saturated heterocycles. The topological polar surface area (TPSA) is 105 Å². The van der Waals surface area contributed by atoms with Gasteiger partial charge in [0.15, 0.2) is 0 Å². The molecule has 9 heteroatoms. The number of hydrogen-bond acceptors (Lipinski definition) is 4. The highest BCUT2D eigenvalue weighted by atomic mass is 19.1. The molecule has 0 unspecified atom stereocenters. The summed E-state index contributed by atoms with van der Waals surface area (Å²) in [6.45, 7) is 4.15. The van der Waals surface area contributed by atoms with E-state index in [4.69, 9.17) is 0 Å². The van der Waals surface area contributed by atoms with Crippen LogP contribution in [-0.2, 0) is 29.1 Å². The summed E-state index contributed by atoms with van der Waals surface area (Å²) in [5.74, 6) is -1.000. The third kappa shape index (κ3) is 4.81. The fourth-order valence-corrected chi connectivity index (χ4v) is 2.76. The summed E-state index contributed by atoms with van der Waals surface area (Å²) >= 11 is 0. The number of H-pyrrole nitrogens is 1. The van der Waals surface area contributed by atoms with Crippen LogP contribution in [0.1, 0.15) is 22.5 Å². The molecule has 0 aliphatic rings. The average molecular weight is 384 g/mol. The Balaban J connectivity index is 1.50. The molecule has 0 bridgehead atoms. The molecule has 0 spiro atoms. The Morgan fingerprint density at radius 3 is 2.71 bits per heavy atom. The summed E-state index contributed by atoms with van der Waals surface area (Å²) in [5.41, 5.74) is 3.47. The maximum absolute atomic E-state index is 13.6. The SMILES string of the molecule is Cc1n[nH]c(C)c1CNC(=O)Cn1cc(NC(=O)Cc2ccccc2F)cn1. The van der Waals surface area contributed by atoms with Crippen LogP contribution < -0.4 is 10.6 Å². The van der Waals surface area contributed by atoms with Crippen molar-refractivity contribution in [2.75, 3.05) is 5.32 Å². The molecular weight excluding hydrogens is 363 g/mol. The number of nitrogens with one attached hydrogen (secondary N) is 3. The maximum Gasteiger partial charge on any atom is 0.242 e. The number of carbonyl (C=O) groups is 2. The van der Waals surface area contributed by atoms with Gasteiger partial charge in [0.05, 0.1) is 24.0 Å². The first kappa shape index (κ1) is 19.3. The third-order valence-corrected chi connectivity index (χ3v) is 4.27. The van der Waals surface area contributed by atoms with Crippen molar-refractivity contribution in [2.45, 2.75) is 33.4 Å². The van der Waals surface area contributed by atoms with Gasteiger partial charge in [-0.15, -0.1) is 0 Å². The summed E-state index contributed by atoms with van der Waals surface area (Å²) in [6.07, 6.45) is 2.91. The molecule has 0 radical (unpaired) electrons. The molecule has 0 fully saturated rings. The summed E-state index contributed by atoms with van der Waals surface area (Å²) in [7, 11) is 0. The quantitative estimate of drug-likeness (QED) is 0.578. The van der Waals surface area contributed by atoms with Gasteiger partial charge in [-0.2, -0.15) is 10.2 Å². The van der Waals surface area contributed by atoms with Gasteiger partial charge in [0.2, 0.25) is 11.8 Å². The Hall–Kier alpha value is -3.49. The first-order chi connectivity index (χ1) is 13.4. The number of aromatic amines is 1.